The van der Waals surface area contributed by atoms with E-state index in [0.29, 0.717) is 0 Å². The molecule has 0 unspecified atom stereocenters. The van der Waals surface area contributed by atoms with Gasteiger partial charge in [-0.25, -0.2) is 4.68 Å². The van der Waals surface area contributed by atoms with E-state index in [-0.39, 0.29) is 0 Å². The van der Waals surface area contributed by atoms with Crippen molar-refractivity contribution < 1.29 is 0 Å². The summed E-state index contributed by atoms with van der Waals surface area (Å²) in [5, 5.41) is 7.51. The van der Waals surface area contributed by atoms with Gasteiger partial charge in [0.25, 0.3) is 0 Å². The molecule has 0 radical (unpaired) electrons. The average molecular weight is 203 g/mol. The summed E-state index contributed by atoms with van der Waals surface area (Å²) in [6.45, 7) is 7.61. The van der Waals surface area contributed by atoms with Crippen molar-refractivity contribution in [3.8, 4) is 0 Å². The van der Waals surface area contributed by atoms with Gasteiger partial charge < -0.3 is 5.32 Å². The summed E-state index contributed by atoms with van der Waals surface area (Å²) in [5.74, 6) is 0.981. The highest BCUT2D eigenvalue weighted by Gasteiger charge is 2.04. The molecule has 1 rings (SSSR count). The fraction of sp³-hybridized carbons (Fsp3) is 0.250. The summed E-state index contributed by atoms with van der Waals surface area (Å²) >= 11 is 0. The summed E-state index contributed by atoms with van der Waals surface area (Å²) in [6, 6.07) is 2.01. The average Bonchev–Trinajstić information content (AvgIpc) is 2.61. The lowest BCUT2D eigenvalue weighted by molar-refractivity contribution is 0.892. The third kappa shape index (κ3) is 2.59. The maximum atomic E-state index is 4.41. The molecule has 15 heavy (non-hydrogen) atoms. The van der Waals surface area contributed by atoms with Gasteiger partial charge in [-0.2, -0.15) is 5.10 Å². The number of aryl methyl sites for hydroxylation is 1. The molecule has 0 aromatic carbocycles. The Morgan fingerprint density at radius 1 is 1.60 bits per heavy atom. The van der Waals surface area contributed by atoms with Gasteiger partial charge in [0, 0.05) is 13.1 Å². The molecular formula is C12H17N3. The lowest BCUT2D eigenvalue weighted by atomic mass is 10.3. The predicted octanol–water partition coefficient (Wildman–Crippen LogP) is 2.84. The van der Waals surface area contributed by atoms with Gasteiger partial charge in [-0.15, -0.1) is 0 Å². The molecular weight excluding hydrogens is 186 g/mol. The van der Waals surface area contributed by atoms with Crippen molar-refractivity contribution in [3.63, 3.8) is 0 Å². The number of nitrogens with zero attached hydrogens (tertiary/aromatic N) is 2. The minimum Gasteiger partial charge on any atom is -0.373 e. The quantitative estimate of drug-likeness (QED) is 0.762. The van der Waals surface area contributed by atoms with Crippen molar-refractivity contribution >= 4 is 11.5 Å². The van der Waals surface area contributed by atoms with Crippen molar-refractivity contribution in [2.75, 3.05) is 12.4 Å². The number of aromatic nitrogens is 2. The fourth-order valence-corrected chi connectivity index (χ4v) is 1.33. The predicted molar refractivity (Wildman–Crippen MR) is 65.8 cm³/mol. The second-order valence-electron chi connectivity index (χ2n) is 3.14. The maximum Gasteiger partial charge on any atom is 0.129 e. The first-order chi connectivity index (χ1) is 7.22. The van der Waals surface area contributed by atoms with Crippen molar-refractivity contribution in [1.82, 2.24) is 9.78 Å². The molecule has 0 aliphatic heterocycles. The van der Waals surface area contributed by atoms with Gasteiger partial charge in [-0.3, -0.25) is 0 Å². The molecule has 3 heteroatoms. The van der Waals surface area contributed by atoms with Crippen LogP contribution in [0.5, 0.6) is 0 Å². The fourth-order valence-electron chi connectivity index (χ4n) is 1.33. The van der Waals surface area contributed by atoms with E-state index in [1.165, 1.54) is 0 Å². The van der Waals surface area contributed by atoms with E-state index in [1.807, 2.05) is 49.9 Å². The Bertz CT molecular complexity index is 397. The number of anilines is 1. The molecule has 0 aliphatic rings. The number of nitrogens with one attached hydrogen (secondary N) is 1. The van der Waals surface area contributed by atoms with Crippen LogP contribution in [-0.4, -0.2) is 16.8 Å². The second-order valence-corrected chi connectivity index (χ2v) is 3.14. The van der Waals surface area contributed by atoms with Crippen LogP contribution in [0.3, 0.4) is 0 Å². The smallest absolute Gasteiger partial charge is 0.129 e. The normalized spacial score (nSPS) is 12.1. The Hall–Kier alpha value is -1.77. The van der Waals surface area contributed by atoms with E-state index in [9.17, 15) is 0 Å². The zero-order chi connectivity index (χ0) is 11.3. The van der Waals surface area contributed by atoms with Gasteiger partial charge in [-0.05, 0) is 19.9 Å². The van der Waals surface area contributed by atoms with E-state index in [4.69, 9.17) is 0 Å². The monoisotopic (exact) mass is 203 g/mol. The Labute approximate surface area is 90.8 Å². The minimum atomic E-state index is 0.981. The van der Waals surface area contributed by atoms with Crippen LogP contribution in [0.2, 0.25) is 0 Å². The Kier molecular flexibility index (Phi) is 3.92. The van der Waals surface area contributed by atoms with Crippen LogP contribution < -0.4 is 5.32 Å². The highest BCUT2D eigenvalue weighted by atomic mass is 15.3. The first kappa shape index (κ1) is 11.3. The summed E-state index contributed by atoms with van der Waals surface area (Å²) in [5.41, 5.74) is 2.01. The number of hydrogen-bond acceptors (Lipinski definition) is 2. The van der Waals surface area contributed by atoms with Crippen molar-refractivity contribution in [3.05, 3.63) is 42.6 Å². The van der Waals surface area contributed by atoms with Crippen LogP contribution in [-0.2, 0) is 0 Å². The second kappa shape index (κ2) is 5.20. The van der Waals surface area contributed by atoms with Crippen molar-refractivity contribution in [1.29, 1.82) is 0 Å². The molecule has 0 spiro atoms. The third-order valence-electron chi connectivity index (χ3n) is 2.03. The molecule has 0 bridgehead atoms. The van der Waals surface area contributed by atoms with E-state index in [0.717, 1.165) is 17.2 Å². The molecule has 0 atom stereocenters. The van der Waals surface area contributed by atoms with Crippen LogP contribution in [0.4, 0.5) is 5.82 Å². The molecule has 0 aliphatic carbocycles. The van der Waals surface area contributed by atoms with E-state index in [2.05, 4.69) is 17.0 Å². The third-order valence-corrected chi connectivity index (χ3v) is 2.03. The number of rotatable bonds is 4. The number of allylic oxidation sites excluding steroid dienone is 5. The minimum absolute atomic E-state index is 0.981. The molecule has 1 heterocycles. The van der Waals surface area contributed by atoms with Crippen molar-refractivity contribution in [2.45, 2.75) is 13.8 Å². The van der Waals surface area contributed by atoms with Gasteiger partial charge in [-0.1, -0.05) is 24.8 Å². The van der Waals surface area contributed by atoms with Gasteiger partial charge in [0.15, 0.2) is 0 Å². The van der Waals surface area contributed by atoms with Crippen LogP contribution >= 0.6 is 0 Å². The standard InChI is InChI=1S/C12H17N3/c1-5-7-8-11(6-2)15-12(13-4)9-10(3)14-15/h5-9,13H,1H2,2-4H3/b8-7-,11-6+. The Balaban J connectivity index is 3.11. The highest BCUT2D eigenvalue weighted by molar-refractivity contribution is 5.62. The number of hydrogen-bond donors (Lipinski definition) is 1. The summed E-state index contributed by atoms with van der Waals surface area (Å²) in [6.07, 6.45) is 7.62. The first-order valence-electron chi connectivity index (χ1n) is 4.93. The molecule has 1 aromatic heterocycles. The van der Waals surface area contributed by atoms with E-state index < -0.39 is 0 Å². The van der Waals surface area contributed by atoms with E-state index in [1.54, 1.807) is 6.08 Å². The van der Waals surface area contributed by atoms with Gasteiger partial charge in [0.1, 0.15) is 5.82 Å². The van der Waals surface area contributed by atoms with Crippen LogP contribution in [0.1, 0.15) is 12.6 Å². The zero-order valence-electron chi connectivity index (χ0n) is 9.49. The lowest BCUT2D eigenvalue weighted by Gasteiger charge is -2.06. The molecule has 80 valence electrons. The first-order valence-corrected chi connectivity index (χ1v) is 4.93. The lowest BCUT2D eigenvalue weighted by Crippen LogP contribution is -2.02. The van der Waals surface area contributed by atoms with Crippen molar-refractivity contribution in [2.24, 2.45) is 0 Å². The SMILES string of the molecule is C=C/C=C\C(=C/C)n1nc(C)cc1NC. The molecule has 0 fully saturated rings. The summed E-state index contributed by atoms with van der Waals surface area (Å²) < 4.78 is 1.87. The largest absolute Gasteiger partial charge is 0.373 e. The maximum absolute atomic E-state index is 4.41. The van der Waals surface area contributed by atoms with Crippen LogP contribution in [0, 0.1) is 6.92 Å². The summed E-state index contributed by atoms with van der Waals surface area (Å²) in [4.78, 5) is 0. The van der Waals surface area contributed by atoms with Crippen LogP contribution in [0.15, 0.2) is 36.9 Å². The van der Waals surface area contributed by atoms with Crippen LogP contribution in [0.25, 0.3) is 5.70 Å². The molecule has 0 amide bonds. The topological polar surface area (TPSA) is 29.9 Å². The molecule has 1 aromatic rings. The summed E-state index contributed by atoms with van der Waals surface area (Å²) in [7, 11) is 1.89. The van der Waals surface area contributed by atoms with Gasteiger partial charge in [0.2, 0.25) is 0 Å². The molecule has 0 saturated carbocycles. The molecule has 3 nitrogen and oxygen atoms in total. The molecule has 0 saturated heterocycles. The van der Waals surface area contributed by atoms with Gasteiger partial charge in [0.05, 0.1) is 11.4 Å². The van der Waals surface area contributed by atoms with Gasteiger partial charge >= 0.3 is 0 Å². The Morgan fingerprint density at radius 2 is 2.33 bits per heavy atom. The zero-order valence-corrected chi connectivity index (χ0v) is 9.49. The van der Waals surface area contributed by atoms with E-state index >= 15 is 0 Å². The Morgan fingerprint density at radius 3 is 2.87 bits per heavy atom. The molecule has 1 N–H and O–H groups in total. The highest BCUT2D eigenvalue weighted by Crippen LogP contribution is 2.16.